The van der Waals surface area contributed by atoms with Crippen molar-refractivity contribution in [1.82, 2.24) is 24.4 Å². The van der Waals surface area contributed by atoms with E-state index in [2.05, 4.69) is 49.9 Å². The molecule has 0 radical (unpaired) electrons. The molecule has 7 nitrogen and oxygen atoms in total. The fourth-order valence-electron chi connectivity index (χ4n) is 4.33. The Balaban J connectivity index is 1.40. The summed E-state index contributed by atoms with van der Waals surface area (Å²) in [5, 5.41) is 1.25. The predicted octanol–water partition coefficient (Wildman–Crippen LogP) is 2.99. The van der Waals surface area contributed by atoms with E-state index in [4.69, 9.17) is 9.72 Å². The van der Waals surface area contributed by atoms with Gasteiger partial charge in [0.05, 0.1) is 17.9 Å². The number of para-hydroxylation sites is 1. The van der Waals surface area contributed by atoms with Crippen molar-refractivity contribution in [2.75, 3.05) is 20.3 Å². The molecule has 4 heterocycles. The molecule has 0 amide bonds. The van der Waals surface area contributed by atoms with Gasteiger partial charge in [-0.25, -0.2) is 4.98 Å². The number of aromatic amines is 1. The lowest BCUT2D eigenvalue weighted by atomic mass is 10.1. The highest BCUT2D eigenvalue weighted by Crippen LogP contribution is 2.25. The van der Waals surface area contributed by atoms with Gasteiger partial charge in [-0.1, -0.05) is 18.2 Å². The van der Waals surface area contributed by atoms with Crippen LogP contribution in [0, 0.1) is 0 Å². The molecule has 0 saturated heterocycles. The summed E-state index contributed by atoms with van der Waals surface area (Å²) in [5.41, 5.74) is 4.98. The van der Waals surface area contributed by atoms with Gasteiger partial charge in [0.1, 0.15) is 5.82 Å². The number of methoxy groups -OCH3 is 1. The average Bonchev–Trinajstić information content (AvgIpc) is 3.16. The molecule has 1 aromatic carbocycles. The first-order valence-corrected chi connectivity index (χ1v) is 10.5. The minimum Gasteiger partial charge on any atom is -0.383 e. The maximum atomic E-state index is 12.8. The normalized spacial score (nSPS) is 14.1. The molecule has 1 N–H and O–H groups in total. The molecule has 158 valence electrons. The van der Waals surface area contributed by atoms with E-state index in [-0.39, 0.29) is 5.56 Å². The number of ether oxygens (including phenoxy) is 1. The van der Waals surface area contributed by atoms with E-state index in [1.807, 2.05) is 12.1 Å². The van der Waals surface area contributed by atoms with Gasteiger partial charge in [-0.05, 0) is 23.8 Å². The first-order chi connectivity index (χ1) is 15.2. The molecule has 0 atom stereocenters. The van der Waals surface area contributed by atoms with E-state index in [1.54, 1.807) is 19.5 Å². The Kier molecular flexibility index (Phi) is 5.36. The van der Waals surface area contributed by atoms with Gasteiger partial charge in [-0.3, -0.25) is 14.7 Å². The van der Waals surface area contributed by atoms with Gasteiger partial charge in [-0.15, -0.1) is 0 Å². The molecule has 7 heteroatoms. The summed E-state index contributed by atoms with van der Waals surface area (Å²) < 4.78 is 7.52. The number of pyridine rings is 1. The summed E-state index contributed by atoms with van der Waals surface area (Å²) in [6.07, 6.45) is 6.40. The van der Waals surface area contributed by atoms with Crippen LogP contribution in [0.25, 0.3) is 22.3 Å². The topological polar surface area (TPSA) is 76.0 Å². The Labute approximate surface area is 180 Å². The van der Waals surface area contributed by atoms with Crippen molar-refractivity contribution >= 4 is 10.9 Å². The highest BCUT2D eigenvalue weighted by molar-refractivity contribution is 5.84. The molecular weight excluding hydrogens is 390 g/mol. The van der Waals surface area contributed by atoms with Crippen molar-refractivity contribution < 1.29 is 4.74 Å². The van der Waals surface area contributed by atoms with Crippen LogP contribution in [-0.2, 0) is 30.8 Å². The largest absolute Gasteiger partial charge is 0.383 e. The smallest absolute Gasteiger partial charge is 0.255 e. The van der Waals surface area contributed by atoms with Gasteiger partial charge >= 0.3 is 0 Å². The standard InChI is InChI=1S/C24H25N5O2/c1-31-13-12-29-15-18(19-4-2-3-5-22(19)29)14-28-11-8-21-20(16-28)24(30)27-23(26-21)17-6-9-25-10-7-17/h2-7,9-10,15H,8,11-14,16H2,1H3,(H,26,27,30). The number of nitrogens with one attached hydrogen (secondary N) is 1. The van der Waals surface area contributed by atoms with Gasteiger partial charge in [0.2, 0.25) is 0 Å². The van der Waals surface area contributed by atoms with Crippen molar-refractivity contribution in [2.45, 2.75) is 26.1 Å². The number of hydrogen-bond donors (Lipinski definition) is 1. The molecule has 5 rings (SSSR count). The molecule has 1 aliphatic heterocycles. The molecule has 31 heavy (non-hydrogen) atoms. The van der Waals surface area contributed by atoms with Crippen LogP contribution < -0.4 is 5.56 Å². The fraction of sp³-hybridized carbons (Fsp3) is 0.292. The van der Waals surface area contributed by atoms with E-state index >= 15 is 0 Å². The average molecular weight is 415 g/mol. The Bertz CT molecular complexity index is 1260. The molecule has 0 bridgehead atoms. The number of rotatable bonds is 6. The molecule has 0 saturated carbocycles. The van der Waals surface area contributed by atoms with Crippen molar-refractivity contribution in [2.24, 2.45) is 0 Å². The summed E-state index contributed by atoms with van der Waals surface area (Å²) in [7, 11) is 1.73. The molecule has 1 aliphatic rings. The SMILES string of the molecule is COCCn1cc(CN2CCc3nc(-c4ccncc4)[nH]c(=O)c3C2)c2ccccc21. The van der Waals surface area contributed by atoms with Crippen molar-refractivity contribution in [3.8, 4) is 11.4 Å². The van der Waals surface area contributed by atoms with Crippen LogP contribution in [0.4, 0.5) is 0 Å². The lowest BCUT2D eigenvalue weighted by molar-refractivity contribution is 0.188. The monoisotopic (exact) mass is 415 g/mol. The molecule has 4 aromatic rings. The van der Waals surface area contributed by atoms with Gasteiger partial charge in [0.15, 0.2) is 0 Å². The van der Waals surface area contributed by atoms with E-state index < -0.39 is 0 Å². The molecular formula is C24H25N5O2. The van der Waals surface area contributed by atoms with E-state index in [1.165, 1.54) is 16.5 Å². The van der Waals surface area contributed by atoms with Crippen molar-refractivity contribution in [3.63, 3.8) is 0 Å². The summed E-state index contributed by atoms with van der Waals surface area (Å²) in [6.45, 7) is 3.77. The first kappa shape index (κ1) is 19.7. The van der Waals surface area contributed by atoms with Crippen LogP contribution in [0.3, 0.4) is 0 Å². The quantitative estimate of drug-likeness (QED) is 0.524. The van der Waals surface area contributed by atoms with Crippen LogP contribution in [-0.4, -0.2) is 44.7 Å². The zero-order chi connectivity index (χ0) is 21.2. The maximum Gasteiger partial charge on any atom is 0.255 e. The highest BCUT2D eigenvalue weighted by Gasteiger charge is 2.22. The summed E-state index contributed by atoms with van der Waals surface area (Å²) >= 11 is 0. The van der Waals surface area contributed by atoms with Gasteiger partial charge < -0.3 is 14.3 Å². The van der Waals surface area contributed by atoms with E-state index in [9.17, 15) is 4.79 Å². The Morgan fingerprint density at radius 2 is 2.00 bits per heavy atom. The van der Waals surface area contributed by atoms with Gasteiger partial charge in [0.25, 0.3) is 5.56 Å². The minimum absolute atomic E-state index is 0.0518. The maximum absolute atomic E-state index is 12.8. The highest BCUT2D eigenvalue weighted by atomic mass is 16.5. The van der Waals surface area contributed by atoms with Crippen LogP contribution in [0.1, 0.15) is 16.8 Å². The molecule has 0 aliphatic carbocycles. The minimum atomic E-state index is -0.0518. The van der Waals surface area contributed by atoms with Gasteiger partial charge in [-0.2, -0.15) is 0 Å². The van der Waals surface area contributed by atoms with Crippen LogP contribution in [0.2, 0.25) is 0 Å². The van der Waals surface area contributed by atoms with Crippen LogP contribution in [0.15, 0.2) is 59.8 Å². The van der Waals surface area contributed by atoms with Crippen molar-refractivity contribution in [3.05, 3.63) is 82.2 Å². The Morgan fingerprint density at radius 1 is 1.16 bits per heavy atom. The molecule has 0 unspecified atom stereocenters. The number of hydrogen-bond acceptors (Lipinski definition) is 5. The van der Waals surface area contributed by atoms with Crippen LogP contribution in [0.5, 0.6) is 0 Å². The van der Waals surface area contributed by atoms with Crippen LogP contribution >= 0.6 is 0 Å². The van der Waals surface area contributed by atoms with Crippen molar-refractivity contribution in [1.29, 1.82) is 0 Å². The second-order valence-electron chi connectivity index (χ2n) is 7.89. The lowest BCUT2D eigenvalue weighted by Gasteiger charge is -2.27. The predicted molar refractivity (Wildman–Crippen MR) is 120 cm³/mol. The lowest BCUT2D eigenvalue weighted by Crippen LogP contribution is -2.35. The number of aromatic nitrogens is 4. The Hall–Kier alpha value is -3.29. The zero-order valence-electron chi connectivity index (χ0n) is 17.5. The fourth-order valence-corrected chi connectivity index (χ4v) is 4.33. The number of benzene rings is 1. The zero-order valence-corrected chi connectivity index (χ0v) is 17.5. The molecule has 3 aromatic heterocycles. The third-order valence-corrected chi connectivity index (χ3v) is 5.90. The summed E-state index contributed by atoms with van der Waals surface area (Å²) in [5.74, 6) is 0.612. The Morgan fingerprint density at radius 3 is 2.84 bits per heavy atom. The van der Waals surface area contributed by atoms with E-state index in [0.29, 0.717) is 19.0 Å². The number of nitrogens with zero attached hydrogens (tertiary/aromatic N) is 4. The van der Waals surface area contributed by atoms with E-state index in [0.717, 1.165) is 42.9 Å². The number of fused-ring (bicyclic) bond motifs is 2. The second-order valence-corrected chi connectivity index (χ2v) is 7.89. The summed E-state index contributed by atoms with van der Waals surface area (Å²) in [4.78, 5) is 26.9. The number of H-pyrrole nitrogens is 1. The third-order valence-electron chi connectivity index (χ3n) is 5.90. The third kappa shape index (κ3) is 3.89. The second kappa shape index (κ2) is 8.45. The molecule has 0 fully saturated rings. The summed E-state index contributed by atoms with van der Waals surface area (Å²) in [6, 6.07) is 12.2. The first-order valence-electron chi connectivity index (χ1n) is 10.5. The molecule has 0 spiro atoms. The van der Waals surface area contributed by atoms with Gasteiger partial charge in [0, 0.05) is 74.8 Å².